The Morgan fingerprint density at radius 1 is 1.26 bits per heavy atom. The average molecular weight is 269 g/mol. The van der Waals surface area contributed by atoms with E-state index in [9.17, 15) is 4.79 Å². The first-order chi connectivity index (χ1) is 9.28. The maximum Gasteiger partial charge on any atom is 0.314 e. The van der Waals surface area contributed by atoms with E-state index in [-0.39, 0.29) is 12.1 Å². The summed E-state index contributed by atoms with van der Waals surface area (Å²) in [7, 11) is 0. The summed E-state index contributed by atoms with van der Waals surface area (Å²) in [4.78, 5) is 14.2. The summed E-state index contributed by atoms with van der Waals surface area (Å²) in [6, 6.07) is -0.0517. The molecule has 2 aliphatic rings. The van der Waals surface area contributed by atoms with Crippen LogP contribution in [0, 0.1) is 5.92 Å². The van der Waals surface area contributed by atoms with Gasteiger partial charge in [0.15, 0.2) is 0 Å². The molecule has 5 heteroatoms. The van der Waals surface area contributed by atoms with Gasteiger partial charge in [0.1, 0.15) is 0 Å². The Kier molecular flexibility index (Phi) is 5.92. The molecule has 0 aromatic carbocycles. The van der Waals surface area contributed by atoms with Crippen LogP contribution in [0.25, 0.3) is 0 Å². The van der Waals surface area contributed by atoms with E-state index in [2.05, 4.69) is 22.5 Å². The summed E-state index contributed by atoms with van der Waals surface area (Å²) >= 11 is 0. The fraction of sp³-hybridized carbons (Fsp3) is 0.929. The summed E-state index contributed by atoms with van der Waals surface area (Å²) in [5.41, 5.74) is 0. The minimum Gasteiger partial charge on any atom is -0.376 e. The summed E-state index contributed by atoms with van der Waals surface area (Å²) in [6.45, 7) is 7.89. The molecule has 5 nitrogen and oxygen atoms in total. The molecule has 0 saturated carbocycles. The normalized spacial score (nSPS) is 28.3. The highest BCUT2D eigenvalue weighted by Crippen LogP contribution is 2.15. The lowest BCUT2D eigenvalue weighted by Gasteiger charge is -2.31. The smallest absolute Gasteiger partial charge is 0.314 e. The molecule has 0 aliphatic carbocycles. The summed E-state index contributed by atoms with van der Waals surface area (Å²) in [6.07, 6.45) is 4.87. The van der Waals surface area contributed by atoms with Crippen molar-refractivity contribution in [1.29, 1.82) is 0 Å². The van der Waals surface area contributed by atoms with Gasteiger partial charge in [0.25, 0.3) is 0 Å². The quantitative estimate of drug-likeness (QED) is 0.788. The number of nitrogens with zero attached hydrogens (tertiary/aromatic N) is 1. The molecule has 0 aromatic heterocycles. The molecule has 0 spiro atoms. The van der Waals surface area contributed by atoms with E-state index in [1.165, 1.54) is 19.4 Å². The molecule has 2 heterocycles. The van der Waals surface area contributed by atoms with Gasteiger partial charge in [-0.15, -0.1) is 0 Å². The summed E-state index contributed by atoms with van der Waals surface area (Å²) in [5.74, 6) is 0.599. The molecule has 0 bridgehead atoms. The van der Waals surface area contributed by atoms with Crippen LogP contribution >= 0.6 is 0 Å². The third kappa shape index (κ3) is 4.99. The molecular weight excluding hydrogens is 242 g/mol. The van der Waals surface area contributed by atoms with E-state index >= 15 is 0 Å². The van der Waals surface area contributed by atoms with Crippen molar-refractivity contribution in [2.45, 2.75) is 38.7 Å². The second kappa shape index (κ2) is 7.70. The molecule has 2 rings (SSSR count). The molecule has 2 saturated heterocycles. The van der Waals surface area contributed by atoms with Gasteiger partial charge in [-0.3, -0.25) is 0 Å². The molecule has 2 amide bonds. The largest absolute Gasteiger partial charge is 0.376 e. The zero-order valence-electron chi connectivity index (χ0n) is 12.0. The molecule has 19 heavy (non-hydrogen) atoms. The number of ether oxygens (including phenoxy) is 1. The second-order valence-electron chi connectivity index (χ2n) is 5.63. The Morgan fingerprint density at radius 2 is 2.11 bits per heavy atom. The van der Waals surface area contributed by atoms with Crippen molar-refractivity contribution in [3.8, 4) is 0 Å². The maximum absolute atomic E-state index is 11.7. The fourth-order valence-electron chi connectivity index (χ4n) is 2.92. The number of carbonyl (C=O) groups is 1. The van der Waals surface area contributed by atoms with Gasteiger partial charge in [-0.1, -0.05) is 6.92 Å². The fourth-order valence-corrected chi connectivity index (χ4v) is 2.92. The topological polar surface area (TPSA) is 53.6 Å². The number of nitrogens with one attached hydrogen (secondary N) is 2. The highest BCUT2D eigenvalue weighted by Gasteiger charge is 2.20. The Morgan fingerprint density at radius 3 is 2.84 bits per heavy atom. The van der Waals surface area contributed by atoms with E-state index in [4.69, 9.17) is 4.74 Å². The van der Waals surface area contributed by atoms with Crippen molar-refractivity contribution >= 4 is 6.03 Å². The standard InChI is InChI=1S/C14H27N3O2/c1-2-17-7-3-5-12(11-17)9-15-14(18)16-10-13-6-4-8-19-13/h12-13H,2-11H2,1H3,(H2,15,16,18). The lowest BCUT2D eigenvalue weighted by Crippen LogP contribution is -2.44. The average Bonchev–Trinajstić information content (AvgIpc) is 2.96. The highest BCUT2D eigenvalue weighted by atomic mass is 16.5. The van der Waals surface area contributed by atoms with E-state index in [1.807, 2.05) is 0 Å². The van der Waals surface area contributed by atoms with E-state index < -0.39 is 0 Å². The van der Waals surface area contributed by atoms with Gasteiger partial charge >= 0.3 is 6.03 Å². The molecule has 2 unspecified atom stereocenters. The Labute approximate surface area is 116 Å². The minimum atomic E-state index is -0.0517. The zero-order chi connectivity index (χ0) is 13.5. The monoisotopic (exact) mass is 269 g/mol. The molecule has 2 N–H and O–H groups in total. The first-order valence-electron chi connectivity index (χ1n) is 7.63. The van der Waals surface area contributed by atoms with Gasteiger partial charge < -0.3 is 20.3 Å². The molecule has 2 atom stereocenters. The number of piperidine rings is 1. The Balaban J connectivity index is 1.57. The van der Waals surface area contributed by atoms with Gasteiger partial charge in [-0.05, 0) is 44.7 Å². The van der Waals surface area contributed by atoms with E-state index in [1.54, 1.807) is 0 Å². The van der Waals surface area contributed by atoms with Crippen molar-refractivity contribution in [2.75, 3.05) is 39.3 Å². The SMILES string of the molecule is CCN1CCCC(CNC(=O)NCC2CCCO2)C1. The molecular formula is C14H27N3O2. The number of likely N-dealkylation sites (tertiary alicyclic amines) is 1. The number of hydrogen-bond donors (Lipinski definition) is 2. The third-order valence-corrected chi connectivity index (χ3v) is 4.12. The van der Waals surface area contributed by atoms with Crippen molar-refractivity contribution < 1.29 is 9.53 Å². The van der Waals surface area contributed by atoms with Gasteiger partial charge in [-0.2, -0.15) is 0 Å². The van der Waals surface area contributed by atoms with Crippen LogP contribution < -0.4 is 10.6 Å². The van der Waals surface area contributed by atoms with Crippen LogP contribution in [0.2, 0.25) is 0 Å². The van der Waals surface area contributed by atoms with Crippen LogP contribution in [0.3, 0.4) is 0 Å². The number of amides is 2. The Bertz CT molecular complexity index is 280. The van der Waals surface area contributed by atoms with Crippen molar-refractivity contribution in [3.63, 3.8) is 0 Å². The van der Waals surface area contributed by atoms with Crippen LogP contribution in [0.1, 0.15) is 32.6 Å². The number of hydrogen-bond acceptors (Lipinski definition) is 3. The van der Waals surface area contributed by atoms with Crippen LogP contribution in [-0.2, 0) is 4.74 Å². The molecule has 110 valence electrons. The predicted molar refractivity (Wildman–Crippen MR) is 75.2 cm³/mol. The number of carbonyl (C=O) groups excluding carboxylic acids is 1. The zero-order valence-corrected chi connectivity index (χ0v) is 12.0. The van der Waals surface area contributed by atoms with Gasteiger partial charge in [-0.25, -0.2) is 4.79 Å². The van der Waals surface area contributed by atoms with Crippen LogP contribution in [-0.4, -0.2) is 56.4 Å². The van der Waals surface area contributed by atoms with Crippen LogP contribution in [0.15, 0.2) is 0 Å². The van der Waals surface area contributed by atoms with Gasteiger partial charge in [0.2, 0.25) is 0 Å². The second-order valence-corrected chi connectivity index (χ2v) is 5.63. The maximum atomic E-state index is 11.7. The van der Waals surface area contributed by atoms with E-state index in [0.29, 0.717) is 12.5 Å². The summed E-state index contributed by atoms with van der Waals surface area (Å²) in [5, 5.41) is 5.89. The molecule has 2 fully saturated rings. The molecule has 0 aromatic rings. The first-order valence-corrected chi connectivity index (χ1v) is 7.63. The number of urea groups is 1. The molecule has 2 aliphatic heterocycles. The van der Waals surface area contributed by atoms with Gasteiger partial charge in [0, 0.05) is 26.2 Å². The van der Waals surface area contributed by atoms with Crippen LogP contribution in [0.5, 0.6) is 0 Å². The van der Waals surface area contributed by atoms with Crippen molar-refractivity contribution in [2.24, 2.45) is 5.92 Å². The molecule has 0 radical (unpaired) electrons. The Hall–Kier alpha value is -0.810. The first kappa shape index (κ1) is 14.6. The predicted octanol–water partition coefficient (Wildman–Crippen LogP) is 1.20. The van der Waals surface area contributed by atoms with E-state index in [0.717, 1.165) is 39.1 Å². The number of rotatable bonds is 5. The lowest BCUT2D eigenvalue weighted by molar-refractivity contribution is 0.111. The highest BCUT2D eigenvalue weighted by molar-refractivity contribution is 5.73. The van der Waals surface area contributed by atoms with Gasteiger partial charge in [0.05, 0.1) is 6.10 Å². The summed E-state index contributed by atoms with van der Waals surface area (Å²) < 4.78 is 5.48. The van der Waals surface area contributed by atoms with Crippen LogP contribution in [0.4, 0.5) is 4.79 Å². The van der Waals surface area contributed by atoms with Crippen molar-refractivity contribution in [3.05, 3.63) is 0 Å². The lowest BCUT2D eigenvalue weighted by atomic mass is 9.98. The third-order valence-electron chi connectivity index (χ3n) is 4.12. The van der Waals surface area contributed by atoms with Crippen molar-refractivity contribution in [1.82, 2.24) is 15.5 Å². The minimum absolute atomic E-state index is 0.0517.